The Morgan fingerprint density at radius 2 is 1.89 bits per heavy atom. The second kappa shape index (κ2) is 7.90. The van der Waals surface area contributed by atoms with Crippen molar-refractivity contribution in [3.8, 4) is 5.75 Å². The van der Waals surface area contributed by atoms with Gasteiger partial charge in [-0.15, -0.1) is 0 Å². The lowest BCUT2D eigenvalue weighted by Gasteiger charge is -2.13. The summed E-state index contributed by atoms with van der Waals surface area (Å²) in [5.41, 5.74) is 1.84. The van der Waals surface area contributed by atoms with Crippen molar-refractivity contribution in [3.63, 3.8) is 0 Å². The van der Waals surface area contributed by atoms with E-state index in [1.807, 2.05) is 24.3 Å². The van der Waals surface area contributed by atoms with Crippen LogP contribution in [0.3, 0.4) is 0 Å². The normalized spacial score (nSPS) is 14.7. The Morgan fingerprint density at radius 3 is 2.63 bits per heavy atom. The summed E-state index contributed by atoms with van der Waals surface area (Å²) in [6.45, 7) is -0.0867. The number of hydrogen-bond donors (Lipinski definition) is 2. The molecule has 2 aromatic carbocycles. The third-order valence-electron chi connectivity index (χ3n) is 4.23. The molecule has 7 heteroatoms. The van der Waals surface area contributed by atoms with Crippen molar-refractivity contribution in [2.75, 3.05) is 26.0 Å². The van der Waals surface area contributed by atoms with Crippen LogP contribution in [0.2, 0.25) is 0 Å². The quantitative estimate of drug-likeness (QED) is 0.837. The monoisotopic (exact) mass is 367 g/mol. The van der Waals surface area contributed by atoms with Crippen LogP contribution in [0.25, 0.3) is 0 Å². The molecule has 0 aromatic heterocycles. The molecule has 1 atom stereocenters. The van der Waals surface area contributed by atoms with E-state index in [0.29, 0.717) is 17.7 Å². The predicted octanol–water partition coefficient (Wildman–Crippen LogP) is 1.45. The van der Waals surface area contributed by atoms with Gasteiger partial charge in [-0.25, -0.2) is 0 Å². The van der Waals surface area contributed by atoms with Gasteiger partial charge in [-0.1, -0.05) is 24.3 Å². The van der Waals surface area contributed by atoms with Crippen molar-refractivity contribution in [2.45, 2.75) is 12.5 Å². The van der Waals surface area contributed by atoms with E-state index >= 15 is 0 Å². The summed E-state index contributed by atoms with van der Waals surface area (Å²) in [4.78, 5) is 37.6. The summed E-state index contributed by atoms with van der Waals surface area (Å²) >= 11 is 0. The molecule has 1 aliphatic rings. The number of benzene rings is 2. The number of fused-ring (bicyclic) bond motifs is 1. The van der Waals surface area contributed by atoms with E-state index in [1.165, 1.54) is 4.90 Å². The van der Waals surface area contributed by atoms with Crippen molar-refractivity contribution in [2.24, 2.45) is 0 Å². The van der Waals surface area contributed by atoms with Gasteiger partial charge < -0.3 is 20.3 Å². The van der Waals surface area contributed by atoms with Crippen molar-refractivity contribution in [1.82, 2.24) is 10.2 Å². The third-order valence-corrected chi connectivity index (χ3v) is 4.23. The van der Waals surface area contributed by atoms with Gasteiger partial charge in [0, 0.05) is 31.8 Å². The van der Waals surface area contributed by atoms with Crippen LogP contribution in [0.5, 0.6) is 5.75 Å². The molecule has 0 saturated heterocycles. The summed E-state index contributed by atoms with van der Waals surface area (Å²) in [6, 6.07) is 14.1. The second-order valence-corrected chi connectivity index (χ2v) is 6.46. The predicted molar refractivity (Wildman–Crippen MR) is 101 cm³/mol. The highest BCUT2D eigenvalue weighted by Gasteiger charge is 2.28. The van der Waals surface area contributed by atoms with E-state index in [0.717, 1.165) is 11.3 Å². The molecule has 7 nitrogen and oxygen atoms in total. The molecule has 2 N–H and O–H groups in total. The largest absolute Gasteiger partial charge is 0.480 e. The number of likely N-dealkylation sites (N-methyl/N-ethyl adjacent to an activating group) is 1. The number of ether oxygens (including phenoxy) is 1. The van der Waals surface area contributed by atoms with Gasteiger partial charge >= 0.3 is 0 Å². The van der Waals surface area contributed by atoms with Crippen LogP contribution in [0.15, 0.2) is 48.5 Å². The molecule has 2 aromatic rings. The highest BCUT2D eigenvalue weighted by atomic mass is 16.5. The average molecular weight is 367 g/mol. The van der Waals surface area contributed by atoms with Crippen LogP contribution in [-0.4, -0.2) is 49.4 Å². The van der Waals surface area contributed by atoms with E-state index < -0.39 is 6.10 Å². The number of para-hydroxylation sites is 1. The van der Waals surface area contributed by atoms with Gasteiger partial charge in [-0.05, 0) is 29.8 Å². The molecule has 1 unspecified atom stereocenters. The Hall–Kier alpha value is -3.35. The number of rotatable bonds is 5. The second-order valence-electron chi connectivity index (χ2n) is 6.46. The zero-order valence-corrected chi connectivity index (χ0v) is 15.2. The number of nitrogens with one attached hydrogen (secondary N) is 2. The van der Waals surface area contributed by atoms with Crippen LogP contribution in [-0.2, 0) is 16.0 Å². The Bertz CT molecular complexity index is 854. The maximum absolute atomic E-state index is 12.5. The maximum Gasteiger partial charge on any atom is 0.265 e. The van der Waals surface area contributed by atoms with Crippen LogP contribution < -0.4 is 15.4 Å². The molecular formula is C20H21N3O4. The molecule has 0 bridgehead atoms. The lowest BCUT2D eigenvalue weighted by Crippen LogP contribution is -2.36. The molecule has 1 heterocycles. The summed E-state index contributed by atoms with van der Waals surface area (Å²) in [5, 5.41) is 5.34. The number of amides is 3. The van der Waals surface area contributed by atoms with E-state index in [9.17, 15) is 14.4 Å². The molecule has 0 aliphatic carbocycles. The molecule has 27 heavy (non-hydrogen) atoms. The smallest absolute Gasteiger partial charge is 0.265 e. The fourth-order valence-corrected chi connectivity index (χ4v) is 2.71. The Labute approximate surface area is 157 Å². The van der Waals surface area contributed by atoms with Gasteiger partial charge in [0.15, 0.2) is 6.10 Å². The van der Waals surface area contributed by atoms with Crippen molar-refractivity contribution >= 4 is 23.4 Å². The minimum atomic E-state index is -0.599. The van der Waals surface area contributed by atoms with Crippen molar-refractivity contribution in [1.29, 1.82) is 0 Å². The standard InChI is InChI=1S/C20H21N3O4/c1-23(2)18(24)12-21-19(25)14-7-5-8-15(10-14)22-20(26)17-11-13-6-3-4-9-16(13)27-17/h3-10,17H,11-12H2,1-2H3,(H,21,25)(H,22,26). The SMILES string of the molecule is CN(C)C(=O)CNC(=O)c1cccc(NC(=O)C2Cc3ccccc3O2)c1. The van der Waals surface area contributed by atoms with Crippen LogP contribution >= 0.6 is 0 Å². The lowest BCUT2D eigenvalue weighted by atomic mass is 10.1. The van der Waals surface area contributed by atoms with Gasteiger partial charge in [-0.3, -0.25) is 14.4 Å². The van der Waals surface area contributed by atoms with Crippen LogP contribution in [0.4, 0.5) is 5.69 Å². The molecule has 1 aliphatic heterocycles. The number of nitrogens with zero attached hydrogens (tertiary/aromatic N) is 1. The first kappa shape index (κ1) is 18.4. The van der Waals surface area contributed by atoms with E-state index in [4.69, 9.17) is 4.74 Å². The number of hydrogen-bond acceptors (Lipinski definition) is 4. The number of carbonyl (C=O) groups is 3. The van der Waals surface area contributed by atoms with E-state index in [1.54, 1.807) is 38.4 Å². The Morgan fingerprint density at radius 1 is 1.11 bits per heavy atom. The topological polar surface area (TPSA) is 87.7 Å². The van der Waals surface area contributed by atoms with Gasteiger partial charge in [0.05, 0.1) is 6.54 Å². The molecule has 3 rings (SSSR count). The minimum absolute atomic E-state index is 0.0867. The molecule has 3 amide bonds. The van der Waals surface area contributed by atoms with Crippen molar-refractivity contribution < 1.29 is 19.1 Å². The van der Waals surface area contributed by atoms with E-state index in [2.05, 4.69) is 10.6 Å². The average Bonchev–Trinajstić information content (AvgIpc) is 3.10. The Balaban J connectivity index is 1.60. The summed E-state index contributed by atoms with van der Waals surface area (Å²) in [7, 11) is 3.24. The van der Waals surface area contributed by atoms with Gasteiger partial charge in [0.25, 0.3) is 11.8 Å². The first-order valence-corrected chi connectivity index (χ1v) is 8.58. The highest BCUT2D eigenvalue weighted by Crippen LogP contribution is 2.28. The minimum Gasteiger partial charge on any atom is -0.480 e. The van der Waals surface area contributed by atoms with E-state index in [-0.39, 0.29) is 24.3 Å². The molecule has 0 spiro atoms. The molecular weight excluding hydrogens is 346 g/mol. The number of anilines is 1. The summed E-state index contributed by atoms with van der Waals surface area (Å²) in [6.07, 6.45) is -0.0907. The summed E-state index contributed by atoms with van der Waals surface area (Å²) < 4.78 is 5.67. The lowest BCUT2D eigenvalue weighted by molar-refractivity contribution is -0.127. The first-order chi connectivity index (χ1) is 12.9. The fraction of sp³-hybridized carbons (Fsp3) is 0.250. The highest BCUT2D eigenvalue weighted by molar-refractivity contribution is 5.99. The number of carbonyl (C=O) groups excluding carboxylic acids is 3. The van der Waals surface area contributed by atoms with Crippen molar-refractivity contribution in [3.05, 3.63) is 59.7 Å². The first-order valence-electron chi connectivity index (χ1n) is 8.58. The maximum atomic E-state index is 12.5. The molecule has 140 valence electrons. The Kier molecular flexibility index (Phi) is 5.40. The van der Waals surface area contributed by atoms with Gasteiger partial charge in [0.1, 0.15) is 5.75 Å². The molecule has 0 radical (unpaired) electrons. The van der Waals surface area contributed by atoms with Gasteiger partial charge in [-0.2, -0.15) is 0 Å². The zero-order valence-electron chi connectivity index (χ0n) is 15.2. The van der Waals surface area contributed by atoms with Gasteiger partial charge in [0.2, 0.25) is 5.91 Å². The van der Waals surface area contributed by atoms with Crippen LogP contribution in [0.1, 0.15) is 15.9 Å². The summed E-state index contributed by atoms with van der Waals surface area (Å²) in [5.74, 6) is -0.139. The zero-order chi connectivity index (χ0) is 19.4. The van der Waals surface area contributed by atoms with Crippen LogP contribution in [0, 0.1) is 0 Å². The molecule has 0 fully saturated rings. The fourth-order valence-electron chi connectivity index (χ4n) is 2.71. The molecule has 0 saturated carbocycles. The third kappa shape index (κ3) is 4.44.